The second-order valence-corrected chi connectivity index (χ2v) is 7.93. The number of carbonyl (C=O) groups is 1. The molecule has 3 aromatic rings. The summed E-state index contributed by atoms with van der Waals surface area (Å²) in [4.78, 5) is 12.6. The molecule has 0 aliphatic rings. The molecule has 134 valence electrons. The molecule has 0 fully saturated rings. The van der Waals surface area contributed by atoms with E-state index in [1.807, 2.05) is 32.9 Å². The normalized spacial score (nSPS) is 11.4. The Morgan fingerprint density at radius 2 is 1.81 bits per heavy atom. The SMILES string of the molecule is CC(C)(C)c1cc(NC(=O)c2cccc(Br)c2)n(-c2ccc(F)cc2)n1. The molecule has 0 atom stereocenters. The summed E-state index contributed by atoms with van der Waals surface area (Å²) in [6, 6.07) is 15.0. The molecule has 1 heterocycles. The topological polar surface area (TPSA) is 46.9 Å². The Labute approximate surface area is 160 Å². The van der Waals surface area contributed by atoms with Crippen molar-refractivity contribution in [2.45, 2.75) is 26.2 Å². The van der Waals surface area contributed by atoms with Crippen molar-refractivity contribution in [2.24, 2.45) is 0 Å². The number of rotatable bonds is 3. The van der Waals surface area contributed by atoms with Crippen molar-refractivity contribution in [1.29, 1.82) is 0 Å². The number of nitrogens with one attached hydrogen (secondary N) is 1. The summed E-state index contributed by atoms with van der Waals surface area (Å²) in [7, 11) is 0. The molecule has 1 aromatic heterocycles. The van der Waals surface area contributed by atoms with Gasteiger partial charge in [-0.15, -0.1) is 0 Å². The Bertz CT molecular complexity index is 942. The van der Waals surface area contributed by atoms with Crippen LogP contribution >= 0.6 is 15.9 Å². The average Bonchev–Trinajstić information content (AvgIpc) is 2.99. The van der Waals surface area contributed by atoms with Crippen molar-refractivity contribution in [3.8, 4) is 5.69 Å². The van der Waals surface area contributed by atoms with Crippen molar-refractivity contribution in [2.75, 3.05) is 5.32 Å². The fourth-order valence-electron chi connectivity index (χ4n) is 2.43. The van der Waals surface area contributed by atoms with Gasteiger partial charge in [0.15, 0.2) is 0 Å². The minimum Gasteiger partial charge on any atom is -0.306 e. The standard InChI is InChI=1S/C20H19BrFN3O/c1-20(2,3)17-12-18(23-19(26)13-5-4-6-14(21)11-13)25(24-17)16-9-7-15(22)8-10-16/h4-12H,1-3H3,(H,23,26). The van der Waals surface area contributed by atoms with E-state index in [9.17, 15) is 9.18 Å². The van der Waals surface area contributed by atoms with Gasteiger partial charge in [0, 0.05) is 21.5 Å². The molecule has 4 nitrogen and oxygen atoms in total. The molecule has 0 aliphatic heterocycles. The maximum absolute atomic E-state index is 13.3. The predicted molar refractivity (Wildman–Crippen MR) is 104 cm³/mol. The predicted octanol–water partition coefficient (Wildman–Crippen LogP) is 5.32. The Morgan fingerprint density at radius 1 is 1.12 bits per heavy atom. The number of aromatic nitrogens is 2. The van der Waals surface area contributed by atoms with Crippen LogP contribution in [0.2, 0.25) is 0 Å². The molecule has 0 spiro atoms. The molecule has 0 saturated heterocycles. The molecule has 1 N–H and O–H groups in total. The summed E-state index contributed by atoms with van der Waals surface area (Å²) in [5.74, 6) is -0.0294. The lowest BCUT2D eigenvalue weighted by Crippen LogP contribution is -2.15. The number of amides is 1. The molecule has 26 heavy (non-hydrogen) atoms. The molecule has 0 saturated carbocycles. The van der Waals surface area contributed by atoms with Gasteiger partial charge in [0.2, 0.25) is 0 Å². The van der Waals surface area contributed by atoms with Gasteiger partial charge < -0.3 is 5.32 Å². The van der Waals surface area contributed by atoms with Crippen LogP contribution in [0.4, 0.5) is 10.2 Å². The summed E-state index contributed by atoms with van der Waals surface area (Å²) < 4.78 is 15.7. The van der Waals surface area contributed by atoms with Crippen LogP contribution in [0, 0.1) is 5.82 Å². The number of halogens is 2. The van der Waals surface area contributed by atoms with Crippen LogP contribution in [-0.2, 0) is 5.41 Å². The van der Waals surface area contributed by atoms with Gasteiger partial charge in [-0.3, -0.25) is 4.79 Å². The average molecular weight is 416 g/mol. The van der Waals surface area contributed by atoms with E-state index >= 15 is 0 Å². The molecule has 0 aliphatic carbocycles. The number of carbonyl (C=O) groups excluding carboxylic acids is 1. The zero-order chi connectivity index (χ0) is 18.9. The van der Waals surface area contributed by atoms with Gasteiger partial charge >= 0.3 is 0 Å². The van der Waals surface area contributed by atoms with Gasteiger partial charge in [0.25, 0.3) is 5.91 Å². The molecule has 0 unspecified atom stereocenters. The van der Waals surface area contributed by atoms with E-state index in [0.717, 1.165) is 10.2 Å². The molecular formula is C20H19BrFN3O. The van der Waals surface area contributed by atoms with E-state index in [1.54, 1.807) is 35.0 Å². The molecule has 3 rings (SSSR count). The zero-order valence-electron chi connectivity index (χ0n) is 14.8. The highest BCUT2D eigenvalue weighted by atomic mass is 79.9. The maximum atomic E-state index is 13.3. The van der Waals surface area contributed by atoms with Crippen molar-refractivity contribution in [3.63, 3.8) is 0 Å². The van der Waals surface area contributed by atoms with Gasteiger partial charge in [-0.25, -0.2) is 9.07 Å². The van der Waals surface area contributed by atoms with Crippen molar-refractivity contribution < 1.29 is 9.18 Å². The molecule has 1 amide bonds. The van der Waals surface area contributed by atoms with E-state index in [1.165, 1.54) is 12.1 Å². The lowest BCUT2D eigenvalue weighted by atomic mass is 9.92. The van der Waals surface area contributed by atoms with E-state index in [-0.39, 0.29) is 17.1 Å². The lowest BCUT2D eigenvalue weighted by molar-refractivity contribution is 0.102. The van der Waals surface area contributed by atoms with Gasteiger partial charge in [-0.05, 0) is 42.5 Å². The summed E-state index contributed by atoms with van der Waals surface area (Å²) in [5, 5.41) is 7.52. The second-order valence-electron chi connectivity index (χ2n) is 7.02. The van der Waals surface area contributed by atoms with E-state index in [0.29, 0.717) is 17.1 Å². The third-order valence-electron chi connectivity index (χ3n) is 3.88. The Kier molecular flexibility index (Phi) is 4.96. The smallest absolute Gasteiger partial charge is 0.256 e. The summed E-state index contributed by atoms with van der Waals surface area (Å²) in [6.45, 7) is 6.14. The van der Waals surface area contributed by atoms with Gasteiger partial charge in [-0.1, -0.05) is 42.8 Å². The second kappa shape index (κ2) is 7.03. The first-order valence-corrected chi connectivity index (χ1v) is 8.97. The van der Waals surface area contributed by atoms with Crippen molar-refractivity contribution in [1.82, 2.24) is 9.78 Å². The first-order valence-electron chi connectivity index (χ1n) is 8.17. The Balaban J connectivity index is 2.00. The number of benzene rings is 2. The van der Waals surface area contributed by atoms with Crippen LogP contribution in [0.25, 0.3) is 5.69 Å². The van der Waals surface area contributed by atoms with Crippen LogP contribution in [0.5, 0.6) is 0 Å². The first-order chi connectivity index (χ1) is 12.2. The number of hydrogen-bond acceptors (Lipinski definition) is 2. The van der Waals surface area contributed by atoms with Crippen LogP contribution in [-0.4, -0.2) is 15.7 Å². The summed E-state index contributed by atoms with van der Waals surface area (Å²) in [6.07, 6.45) is 0. The molecule has 0 radical (unpaired) electrons. The third-order valence-corrected chi connectivity index (χ3v) is 4.37. The molecule has 0 bridgehead atoms. The first kappa shape index (κ1) is 18.3. The molecule has 6 heteroatoms. The Hall–Kier alpha value is -2.47. The molecular weight excluding hydrogens is 397 g/mol. The van der Waals surface area contributed by atoms with Gasteiger partial charge in [0.05, 0.1) is 11.4 Å². The van der Waals surface area contributed by atoms with Crippen LogP contribution in [0.1, 0.15) is 36.8 Å². The molecule has 2 aromatic carbocycles. The maximum Gasteiger partial charge on any atom is 0.256 e. The van der Waals surface area contributed by atoms with E-state index in [2.05, 4.69) is 26.3 Å². The minimum absolute atomic E-state index is 0.194. The van der Waals surface area contributed by atoms with Gasteiger partial charge in [0.1, 0.15) is 11.6 Å². The monoisotopic (exact) mass is 415 g/mol. The van der Waals surface area contributed by atoms with Crippen LogP contribution in [0.3, 0.4) is 0 Å². The van der Waals surface area contributed by atoms with E-state index < -0.39 is 0 Å². The lowest BCUT2D eigenvalue weighted by Gasteiger charge is -2.14. The van der Waals surface area contributed by atoms with Crippen molar-refractivity contribution in [3.05, 3.63) is 76.1 Å². The zero-order valence-corrected chi connectivity index (χ0v) is 16.3. The van der Waals surface area contributed by atoms with Crippen LogP contribution < -0.4 is 5.32 Å². The summed E-state index contributed by atoms with van der Waals surface area (Å²) >= 11 is 3.37. The van der Waals surface area contributed by atoms with Gasteiger partial charge in [-0.2, -0.15) is 5.10 Å². The third kappa shape index (κ3) is 4.02. The highest BCUT2D eigenvalue weighted by Crippen LogP contribution is 2.27. The quantitative estimate of drug-likeness (QED) is 0.628. The minimum atomic E-state index is -0.323. The van der Waals surface area contributed by atoms with E-state index in [4.69, 9.17) is 0 Å². The van der Waals surface area contributed by atoms with Crippen LogP contribution in [0.15, 0.2) is 59.1 Å². The fourth-order valence-corrected chi connectivity index (χ4v) is 2.83. The number of anilines is 1. The number of nitrogens with zero attached hydrogens (tertiary/aromatic N) is 2. The highest BCUT2D eigenvalue weighted by molar-refractivity contribution is 9.10. The largest absolute Gasteiger partial charge is 0.306 e. The highest BCUT2D eigenvalue weighted by Gasteiger charge is 2.22. The number of hydrogen-bond donors (Lipinski definition) is 1. The summed E-state index contributed by atoms with van der Waals surface area (Å²) in [5.41, 5.74) is 1.84. The Morgan fingerprint density at radius 3 is 2.42 bits per heavy atom. The van der Waals surface area contributed by atoms with Crippen molar-refractivity contribution >= 4 is 27.7 Å². The fraction of sp³-hybridized carbons (Fsp3) is 0.200.